The maximum atomic E-state index is 13.9. The molecule has 2 aromatic heterocycles. The second-order valence-electron chi connectivity index (χ2n) is 6.36. The number of hydrogen-bond donors (Lipinski definition) is 1. The zero-order chi connectivity index (χ0) is 21.8. The Labute approximate surface area is 186 Å². The van der Waals surface area contributed by atoms with Crippen LogP contribution in [0, 0.1) is 5.82 Å². The summed E-state index contributed by atoms with van der Waals surface area (Å²) in [5, 5.41) is 11.6. The summed E-state index contributed by atoms with van der Waals surface area (Å²) in [6, 6.07) is 13.0. The van der Waals surface area contributed by atoms with Gasteiger partial charge in [0.25, 0.3) is 5.91 Å². The molecule has 0 fully saturated rings. The third kappa shape index (κ3) is 5.01. The molecule has 0 spiro atoms. The van der Waals surface area contributed by atoms with Crippen molar-refractivity contribution in [3.05, 3.63) is 88.2 Å². The maximum absolute atomic E-state index is 13.9. The first kappa shape index (κ1) is 20.8. The molecule has 31 heavy (non-hydrogen) atoms. The van der Waals surface area contributed by atoms with Gasteiger partial charge in [-0.2, -0.15) is 5.10 Å². The molecule has 4 aromatic rings. The number of ether oxygens (including phenoxy) is 1. The van der Waals surface area contributed by atoms with Crippen LogP contribution in [0.3, 0.4) is 0 Å². The Hall–Kier alpha value is -3.43. The standard InChI is InChI=1S/C20H15Cl2FN6O2/c21-14-5-3-6-16(23)13(14)10-29-11-24-20(27-29)25-19(30)17-8-9-28(26-17)12-31-18-7-2-1-4-15(18)22/h1-9,11H,10,12H2,(H,25,27,30). The molecule has 0 atom stereocenters. The predicted molar refractivity (Wildman–Crippen MR) is 113 cm³/mol. The van der Waals surface area contributed by atoms with Gasteiger partial charge in [-0.1, -0.05) is 41.4 Å². The minimum absolute atomic E-state index is 0.0549. The Morgan fingerprint density at radius 2 is 1.84 bits per heavy atom. The summed E-state index contributed by atoms with van der Waals surface area (Å²) in [6.07, 6.45) is 2.96. The first-order chi connectivity index (χ1) is 15.0. The molecule has 2 aromatic carbocycles. The number of nitrogens with one attached hydrogen (secondary N) is 1. The zero-order valence-corrected chi connectivity index (χ0v) is 17.4. The van der Waals surface area contributed by atoms with Gasteiger partial charge in [-0.25, -0.2) is 18.7 Å². The van der Waals surface area contributed by atoms with E-state index >= 15 is 0 Å². The van der Waals surface area contributed by atoms with Gasteiger partial charge < -0.3 is 4.74 Å². The molecule has 0 aliphatic carbocycles. The molecule has 0 aliphatic rings. The molecule has 11 heteroatoms. The lowest BCUT2D eigenvalue weighted by molar-refractivity contribution is 0.101. The first-order valence-corrected chi connectivity index (χ1v) is 9.79. The van der Waals surface area contributed by atoms with E-state index in [-0.39, 0.29) is 35.5 Å². The summed E-state index contributed by atoms with van der Waals surface area (Å²) in [7, 11) is 0. The second-order valence-corrected chi connectivity index (χ2v) is 7.18. The average Bonchev–Trinajstić information content (AvgIpc) is 3.40. The zero-order valence-electron chi connectivity index (χ0n) is 15.9. The van der Waals surface area contributed by atoms with Crippen molar-refractivity contribution in [1.29, 1.82) is 0 Å². The van der Waals surface area contributed by atoms with Crippen LogP contribution in [0.15, 0.2) is 61.1 Å². The molecule has 4 rings (SSSR count). The summed E-state index contributed by atoms with van der Waals surface area (Å²) >= 11 is 12.1. The molecule has 0 aliphatic heterocycles. The summed E-state index contributed by atoms with van der Waals surface area (Å²) in [5.41, 5.74) is 0.431. The van der Waals surface area contributed by atoms with E-state index in [1.165, 1.54) is 33.9 Å². The van der Waals surface area contributed by atoms with Gasteiger partial charge in [0, 0.05) is 16.8 Å². The number of hydrogen-bond acceptors (Lipinski definition) is 5. The quantitative estimate of drug-likeness (QED) is 0.445. The van der Waals surface area contributed by atoms with E-state index in [2.05, 4.69) is 20.5 Å². The molecule has 1 amide bonds. The molecule has 0 unspecified atom stereocenters. The highest BCUT2D eigenvalue weighted by Crippen LogP contribution is 2.23. The van der Waals surface area contributed by atoms with Crippen molar-refractivity contribution >= 4 is 35.1 Å². The third-order valence-electron chi connectivity index (χ3n) is 4.21. The largest absolute Gasteiger partial charge is 0.470 e. The predicted octanol–water partition coefficient (Wildman–Crippen LogP) is 4.26. The molecular formula is C20H15Cl2FN6O2. The minimum atomic E-state index is -0.502. The molecule has 158 valence electrons. The van der Waals surface area contributed by atoms with Crippen molar-refractivity contribution in [2.75, 3.05) is 5.32 Å². The normalized spacial score (nSPS) is 10.8. The number of carbonyl (C=O) groups is 1. The van der Waals surface area contributed by atoms with Crippen LogP contribution in [-0.2, 0) is 13.3 Å². The van der Waals surface area contributed by atoms with Crippen LogP contribution in [0.1, 0.15) is 16.1 Å². The Bertz CT molecular complexity index is 1210. The topological polar surface area (TPSA) is 86.9 Å². The summed E-state index contributed by atoms with van der Waals surface area (Å²) in [6.45, 7) is 0.148. The Morgan fingerprint density at radius 3 is 2.65 bits per heavy atom. The molecule has 0 saturated carbocycles. The molecule has 1 N–H and O–H groups in total. The van der Waals surface area contributed by atoms with Gasteiger partial charge >= 0.3 is 0 Å². The number of anilines is 1. The van der Waals surface area contributed by atoms with Crippen LogP contribution in [0.25, 0.3) is 0 Å². The van der Waals surface area contributed by atoms with Gasteiger partial charge in [-0.15, -0.1) is 5.10 Å². The lowest BCUT2D eigenvalue weighted by atomic mass is 10.2. The van der Waals surface area contributed by atoms with Crippen molar-refractivity contribution in [3.8, 4) is 5.75 Å². The molecule has 8 nitrogen and oxygen atoms in total. The average molecular weight is 461 g/mol. The van der Waals surface area contributed by atoms with E-state index in [1.807, 2.05) is 0 Å². The van der Waals surface area contributed by atoms with Crippen molar-refractivity contribution in [2.24, 2.45) is 0 Å². The van der Waals surface area contributed by atoms with Gasteiger partial charge in [-0.3, -0.25) is 10.1 Å². The van der Waals surface area contributed by atoms with Crippen molar-refractivity contribution < 1.29 is 13.9 Å². The number of halogens is 3. The van der Waals surface area contributed by atoms with E-state index in [0.717, 1.165) is 0 Å². The van der Waals surface area contributed by atoms with E-state index in [0.29, 0.717) is 10.8 Å². The van der Waals surface area contributed by atoms with Crippen LogP contribution < -0.4 is 10.1 Å². The minimum Gasteiger partial charge on any atom is -0.470 e. The van der Waals surface area contributed by atoms with Crippen LogP contribution >= 0.6 is 23.2 Å². The van der Waals surface area contributed by atoms with Crippen molar-refractivity contribution in [1.82, 2.24) is 24.5 Å². The summed E-state index contributed by atoms with van der Waals surface area (Å²) < 4.78 is 22.3. The number of aromatic nitrogens is 5. The maximum Gasteiger partial charge on any atom is 0.278 e. The van der Waals surface area contributed by atoms with E-state index in [9.17, 15) is 9.18 Å². The number of nitrogens with zero attached hydrogens (tertiary/aromatic N) is 5. The lowest BCUT2D eigenvalue weighted by Gasteiger charge is -2.07. The number of benzene rings is 2. The summed E-state index contributed by atoms with van der Waals surface area (Å²) in [5.74, 6) is -0.383. The van der Waals surface area contributed by atoms with Crippen LogP contribution in [0.2, 0.25) is 10.0 Å². The van der Waals surface area contributed by atoms with Crippen LogP contribution in [0.5, 0.6) is 5.75 Å². The Balaban J connectivity index is 1.36. The van der Waals surface area contributed by atoms with E-state index in [4.69, 9.17) is 27.9 Å². The van der Waals surface area contributed by atoms with Crippen LogP contribution in [-0.4, -0.2) is 30.5 Å². The monoisotopic (exact) mass is 460 g/mol. The Kier molecular flexibility index (Phi) is 6.15. The Morgan fingerprint density at radius 1 is 1.03 bits per heavy atom. The van der Waals surface area contributed by atoms with E-state index < -0.39 is 11.7 Å². The van der Waals surface area contributed by atoms with Gasteiger partial charge in [0.2, 0.25) is 5.95 Å². The van der Waals surface area contributed by atoms with Gasteiger partial charge in [0.15, 0.2) is 12.4 Å². The molecular weight excluding hydrogens is 446 g/mol. The van der Waals surface area contributed by atoms with Gasteiger partial charge in [0.1, 0.15) is 17.9 Å². The molecule has 0 bridgehead atoms. The molecule has 0 saturated heterocycles. The van der Waals surface area contributed by atoms with Gasteiger partial charge in [0.05, 0.1) is 11.6 Å². The SMILES string of the molecule is O=C(Nc1ncn(Cc2c(F)cccc2Cl)n1)c1ccn(COc2ccccc2Cl)n1. The number of rotatable bonds is 7. The fraction of sp³-hybridized carbons (Fsp3) is 0.100. The fourth-order valence-corrected chi connectivity index (χ4v) is 3.10. The second kappa shape index (κ2) is 9.15. The molecule has 0 radical (unpaired) electrons. The summed E-state index contributed by atoms with van der Waals surface area (Å²) in [4.78, 5) is 16.4. The highest BCUT2D eigenvalue weighted by atomic mass is 35.5. The third-order valence-corrected chi connectivity index (χ3v) is 4.87. The van der Waals surface area contributed by atoms with Gasteiger partial charge in [-0.05, 0) is 30.3 Å². The highest BCUT2D eigenvalue weighted by molar-refractivity contribution is 6.32. The first-order valence-electron chi connectivity index (χ1n) is 9.04. The van der Waals surface area contributed by atoms with Crippen molar-refractivity contribution in [3.63, 3.8) is 0 Å². The van der Waals surface area contributed by atoms with Crippen LogP contribution in [0.4, 0.5) is 10.3 Å². The number of carbonyl (C=O) groups excluding carboxylic acids is 1. The number of amides is 1. The lowest BCUT2D eigenvalue weighted by Crippen LogP contribution is -2.15. The van der Waals surface area contributed by atoms with E-state index in [1.54, 1.807) is 36.5 Å². The van der Waals surface area contributed by atoms with Crippen molar-refractivity contribution in [2.45, 2.75) is 13.3 Å². The molecule has 2 heterocycles. The smallest absolute Gasteiger partial charge is 0.278 e. The number of para-hydroxylation sites is 1. The fourth-order valence-electron chi connectivity index (χ4n) is 2.69. The highest BCUT2D eigenvalue weighted by Gasteiger charge is 2.14.